The average Bonchev–Trinajstić information content (AvgIpc) is 3.50. The number of amides is 2. The Morgan fingerprint density at radius 3 is 2.59 bits per heavy atom. The smallest absolute Gasteiger partial charge is 0.408 e. The highest BCUT2D eigenvalue weighted by molar-refractivity contribution is 6.31. The molecule has 3 aromatic carbocycles. The first-order chi connectivity index (χ1) is 20.0. The number of aromatic amines is 1. The molecule has 0 fully saturated rings. The topological polar surface area (TPSA) is 127 Å². The molecule has 212 valence electrons. The minimum absolute atomic E-state index is 0.0729. The number of carbonyl (C=O) groups is 2. The van der Waals surface area contributed by atoms with Crippen LogP contribution in [0.25, 0.3) is 0 Å². The van der Waals surface area contributed by atoms with Gasteiger partial charge in [-0.1, -0.05) is 60.1 Å². The van der Waals surface area contributed by atoms with Crippen LogP contribution in [0.3, 0.4) is 0 Å². The van der Waals surface area contributed by atoms with Gasteiger partial charge in [0.1, 0.15) is 19.3 Å². The molecule has 0 saturated carbocycles. The summed E-state index contributed by atoms with van der Waals surface area (Å²) in [6.45, 7) is 2.66. The fourth-order valence-corrected chi connectivity index (χ4v) is 3.93. The SMILES string of the molecule is CCOc1cc(/C=N\NC(=O)[C@@H](Cc2cnc[nH]2)NC(=O)OCc2ccccc2)ccc1OCc1ccccc1Cl. The molecule has 3 N–H and O–H groups in total. The Bertz CT molecular complexity index is 1450. The molecular formula is C30H30ClN5O5. The lowest BCUT2D eigenvalue weighted by Gasteiger charge is -2.16. The standard InChI is InChI=1S/C30H30ClN5O5/c1-2-39-28-14-22(12-13-27(28)40-19-23-10-6-7-11-25(23)31)16-34-36-29(37)26(15-24-17-32-20-33-24)35-30(38)41-18-21-8-4-3-5-9-21/h3-14,16-17,20,26H,2,15,18-19H2,1H3,(H,32,33)(H,35,38)(H,36,37)/b34-16-/t26-/m1/s1. The number of hydrogen-bond donors (Lipinski definition) is 3. The van der Waals surface area contributed by atoms with Crippen molar-refractivity contribution in [1.29, 1.82) is 0 Å². The zero-order valence-corrected chi connectivity index (χ0v) is 23.1. The summed E-state index contributed by atoms with van der Waals surface area (Å²) in [5.41, 5.74) is 5.49. The molecule has 0 aliphatic carbocycles. The van der Waals surface area contributed by atoms with E-state index in [0.29, 0.717) is 34.4 Å². The van der Waals surface area contributed by atoms with Gasteiger partial charge in [0.2, 0.25) is 0 Å². The van der Waals surface area contributed by atoms with Gasteiger partial charge in [-0.3, -0.25) is 4.79 Å². The summed E-state index contributed by atoms with van der Waals surface area (Å²) in [7, 11) is 0. The van der Waals surface area contributed by atoms with Crippen LogP contribution >= 0.6 is 11.6 Å². The van der Waals surface area contributed by atoms with Crippen molar-refractivity contribution >= 4 is 29.8 Å². The van der Waals surface area contributed by atoms with Gasteiger partial charge in [-0.25, -0.2) is 15.2 Å². The van der Waals surface area contributed by atoms with E-state index in [-0.39, 0.29) is 19.6 Å². The van der Waals surface area contributed by atoms with E-state index in [1.54, 1.807) is 30.5 Å². The Balaban J connectivity index is 1.37. The summed E-state index contributed by atoms with van der Waals surface area (Å²) in [6.07, 6.45) is 3.97. The number of nitrogens with zero attached hydrogens (tertiary/aromatic N) is 2. The number of imidazole rings is 1. The Labute approximate surface area is 242 Å². The van der Waals surface area contributed by atoms with E-state index in [2.05, 4.69) is 25.8 Å². The second-order valence-electron chi connectivity index (χ2n) is 8.79. The lowest BCUT2D eigenvalue weighted by Crippen LogP contribution is -2.47. The number of aromatic nitrogens is 2. The number of alkyl carbamates (subject to hydrolysis) is 1. The van der Waals surface area contributed by atoms with Gasteiger partial charge in [0.15, 0.2) is 11.5 Å². The van der Waals surface area contributed by atoms with Gasteiger partial charge in [-0.2, -0.15) is 5.10 Å². The molecule has 1 atom stereocenters. The third kappa shape index (κ3) is 9.11. The van der Waals surface area contributed by atoms with Crippen molar-refractivity contribution in [1.82, 2.24) is 20.7 Å². The Morgan fingerprint density at radius 2 is 1.83 bits per heavy atom. The van der Waals surface area contributed by atoms with Crippen molar-refractivity contribution in [3.05, 3.63) is 113 Å². The molecule has 0 aliphatic heterocycles. The molecule has 1 heterocycles. The highest BCUT2D eigenvalue weighted by Gasteiger charge is 2.22. The van der Waals surface area contributed by atoms with Crippen molar-refractivity contribution in [3.8, 4) is 11.5 Å². The van der Waals surface area contributed by atoms with Crippen molar-refractivity contribution in [2.45, 2.75) is 32.6 Å². The van der Waals surface area contributed by atoms with Crippen LogP contribution < -0.4 is 20.2 Å². The van der Waals surface area contributed by atoms with Gasteiger partial charge >= 0.3 is 6.09 Å². The number of carbonyl (C=O) groups excluding carboxylic acids is 2. The van der Waals surface area contributed by atoms with Crippen LogP contribution in [-0.2, 0) is 29.2 Å². The number of halogens is 1. The molecular weight excluding hydrogens is 546 g/mol. The van der Waals surface area contributed by atoms with Crippen LogP contribution in [-0.4, -0.2) is 40.8 Å². The molecule has 4 rings (SSSR count). The highest BCUT2D eigenvalue weighted by Crippen LogP contribution is 2.29. The number of H-pyrrole nitrogens is 1. The highest BCUT2D eigenvalue weighted by atomic mass is 35.5. The second kappa shape index (κ2) is 15.1. The van der Waals surface area contributed by atoms with Crippen LogP contribution in [0.1, 0.15) is 29.3 Å². The lowest BCUT2D eigenvalue weighted by molar-refractivity contribution is -0.123. The third-order valence-corrected chi connectivity index (χ3v) is 6.17. The normalized spacial score (nSPS) is 11.6. The number of hydrazone groups is 1. The monoisotopic (exact) mass is 575 g/mol. The number of nitrogens with one attached hydrogen (secondary N) is 3. The zero-order chi connectivity index (χ0) is 28.9. The van der Waals surface area contributed by atoms with E-state index in [9.17, 15) is 9.59 Å². The molecule has 4 aromatic rings. The summed E-state index contributed by atoms with van der Waals surface area (Å²) >= 11 is 6.23. The third-order valence-electron chi connectivity index (χ3n) is 5.80. The van der Waals surface area contributed by atoms with Crippen molar-refractivity contribution in [2.24, 2.45) is 5.10 Å². The van der Waals surface area contributed by atoms with Crippen LogP contribution in [0.15, 0.2) is 90.4 Å². The maximum atomic E-state index is 13.0. The maximum Gasteiger partial charge on any atom is 0.408 e. The number of ether oxygens (including phenoxy) is 3. The summed E-state index contributed by atoms with van der Waals surface area (Å²) in [5.74, 6) is 0.540. The fourth-order valence-electron chi connectivity index (χ4n) is 3.74. The lowest BCUT2D eigenvalue weighted by atomic mass is 10.1. The van der Waals surface area contributed by atoms with E-state index >= 15 is 0 Å². The summed E-state index contributed by atoms with van der Waals surface area (Å²) in [5, 5.41) is 7.29. The Kier molecular flexibility index (Phi) is 10.7. The number of hydrogen-bond acceptors (Lipinski definition) is 7. The van der Waals surface area contributed by atoms with E-state index in [1.807, 2.05) is 55.5 Å². The van der Waals surface area contributed by atoms with Gasteiger partial charge in [0, 0.05) is 28.9 Å². The van der Waals surface area contributed by atoms with E-state index in [1.165, 1.54) is 12.5 Å². The molecule has 10 nitrogen and oxygen atoms in total. The van der Waals surface area contributed by atoms with Gasteiger partial charge in [-0.05, 0) is 42.3 Å². The fraction of sp³-hybridized carbons (Fsp3) is 0.200. The second-order valence-corrected chi connectivity index (χ2v) is 9.20. The molecule has 0 aliphatic rings. The van der Waals surface area contributed by atoms with Crippen LogP contribution in [0.5, 0.6) is 11.5 Å². The number of rotatable bonds is 13. The van der Waals surface area contributed by atoms with Gasteiger partial charge in [0.25, 0.3) is 5.91 Å². The van der Waals surface area contributed by atoms with Gasteiger partial charge < -0.3 is 24.5 Å². The minimum Gasteiger partial charge on any atom is -0.490 e. The molecule has 0 radical (unpaired) electrons. The molecule has 41 heavy (non-hydrogen) atoms. The maximum absolute atomic E-state index is 13.0. The quantitative estimate of drug-likeness (QED) is 0.152. The predicted molar refractivity (Wildman–Crippen MR) is 155 cm³/mol. The van der Waals surface area contributed by atoms with Crippen molar-refractivity contribution in [2.75, 3.05) is 6.61 Å². The van der Waals surface area contributed by atoms with Crippen molar-refractivity contribution < 1.29 is 23.8 Å². The first kappa shape index (κ1) is 29.2. The molecule has 0 bridgehead atoms. The van der Waals surface area contributed by atoms with E-state index in [0.717, 1.165) is 11.1 Å². The molecule has 11 heteroatoms. The van der Waals surface area contributed by atoms with Crippen LogP contribution in [0.2, 0.25) is 5.02 Å². The van der Waals surface area contributed by atoms with E-state index < -0.39 is 18.0 Å². The van der Waals surface area contributed by atoms with Gasteiger partial charge in [-0.15, -0.1) is 0 Å². The molecule has 1 aromatic heterocycles. The van der Waals surface area contributed by atoms with Crippen LogP contribution in [0, 0.1) is 0 Å². The summed E-state index contributed by atoms with van der Waals surface area (Å²) in [4.78, 5) is 32.3. The van der Waals surface area contributed by atoms with Crippen LogP contribution in [0.4, 0.5) is 4.79 Å². The molecule has 0 saturated heterocycles. The predicted octanol–water partition coefficient (Wildman–Crippen LogP) is 5.03. The minimum atomic E-state index is -0.963. The summed E-state index contributed by atoms with van der Waals surface area (Å²) < 4.78 is 17.0. The van der Waals surface area contributed by atoms with Gasteiger partial charge in [0.05, 0.1) is 19.1 Å². The van der Waals surface area contributed by atoms with Crippen molar-refractivity contribution in [3.63, 3.8) is 0 Å². The first-order valence-corrected chi connectivity index (χ1v) is 13.3. The number of benzene rings is 3. The first-order valence-electron chi connectivity index (χ1n) is 12.9. The molecule has 2 amide bonds. The zero-order valence-electron chi connectivity index (χ0n) is 22.4. The van der Waals surface area contributed by atoms with E-state index in [4.69, 9.17) is 25.8 Å². The summed E-state index contributed by atoms with van der Waals surface area (Å²) in [6, 6.07) is 21.0. The Hall–Kier alpha value is -4.83. The molecule has 0 spiro atoms. The largest absolute Gasteiger partial charge is 0.490 e. The average molecular weight is 576 g/mol. The Morgan fingerprint density at radius 1 is 1.02 bits per heavy atom. The molecule has 0 unspecified atom stereocenters.